The van der Waals surface area contributed by atoms with Crippen molar-refractivity contribution in [3.8, 4) is 11.5 Å². The second-order valence-electron chi connectivity index (χ2n) is 5.20. The molecule has 120 valence electrons. The third kappa shape index (κ3) is 3.14. The van der Waals surface area contributed by atoms with Crippen molar-refractivity contribution < 1.29 is 25.0 Å². The fraction of sp³-hybridized carbons (Fsp3) is 0.467. The minimum absolute atomic E-state index is 0.0554. The summed E-state index contributed by atoms with van der Waals surface area (Å²) >= 11 is 0. The smallest absolute Gasteiger partial charge is 0.357 e. The van der Waals surface area contributed by atoms with E-state index in [1.54, 1.807) is 13.0 Å². The van der Waals surface area contributed by atoms with Crippen molar-refractivity contribution in [2.24, 2.45) is 5.16 Å². The predicted octanol–water partition coefficient (Wildman–Crippen LogP) is 1.41. The number of hydrogen-bond acceptors (Lipinski definition) is 7. The normalized spacial score (nSPS) is 18.8. The van der Waals surface area contributed by atoms with Crippen LogP contribution in [0.2, 0.25) is 0 Å². The van der Waals surface area contributed by atoms with E-state index < -0.39 is 5.97 Å². The lowest BCUT2D eigenvalue weighted by Crippen LogP contribution is -2.40. The van der Waals surface area contributed by atoms with Gasteiger partial charge in [0.25, 0.3) is 0 Å². The Balaban J connectivity index is 2.18. The average molecular weight is 308 g/mol. The molecule has 1 atom stereocenters. The number of carbonyl (C=O) groups is 1. The van der Waals surface area contributed by atoms with Crippen molar-refractivity contribution >= 4 is 11.7 Å². The van der Waals surface area contributed by atoms with Gasteiger partial charge in [-0.1, -0.05) is 5.16 Å². The van der Waals surface area contributed by atoms with E-state index in [-0.39, 0.29) is 36.4 Å². The van der Waals surface area contributed by atoms with Gasteiger partial charge < -0.3 is 20.2 Å². The number of phenols is 2. The molecule has 0 amide bonds. The summed E-state index contributed by atoms with van der Waals surface area (Å²) in [6.45, 7) is 4.61. The number of hydrogen-bond donors (Lipinski definition) is 3. The molecular formula is C15H20N2O5. The summed E-state index contributed by atoms with van der Waals surface area (Å²) in [7, 11) is 0. The van der Waals surface area contributed by atoms with Gasteiger partial charge in [-0.05, 0) is 43.5 Å². The van der Waals surface area contributed by atoms with Gasteiger partial charge in [0, 0.05) is 12.6 Å². The SMILES string of the molecule is CCOC(=O)/C(CN1CCc2cc(O)c(O)cc2C1C)=N\O. The molecule has 7 heteroatoms. The molecule has 7 nitrogen and oxygen atoms in total. The number of benzene rings is 1. The lowest BCUT2D eigenvalue weighted by molar-refractivity contribution is -0.135. The van der Waals surface area contributed by atoms with Crippen LogP contribution in [0.5, 0.6) is 11.5 Å². The Labute approximate surface area is 128 Å². The molecule has 0 bridgehead atoms. The predicted molar refractivity (Wildman–Crippen MR) is 79.3 cm³/mol. The number of ether oxygens (including phenoxy) is 1. The van der Waals surface area contributed by atoms with E-state index >= 15 is 0 Å². The Morgan fingerprint density at radius 1 is 1.41 bits per heavy atom. The van der Waals surface area contributed by atoms with Gasteiger partial charge in [0.15, 0.2) is 17.2 Å². The van der Waals surface area contributed by atoms with Crippen LogP contribution in [-0.4, -0.2) is 51.7 Å². The van der Waals surface area contributed by atoms with Crippen LogP contribution in [-0.2, 0) is 16.0 Å². The fourth-order valence-corrected chi connectivity index (χ4v) is 2.66. The third-order valence-electron chi connectivity index (χ3n) is 3.89. The Bertz CT molecular complexity index is 600. The van der Waals surface area contributed by atoms with Crippen LogP contribution in [0.1, 0.15) is 31.0 Å². The molecule has 0 fully saturated rings. The Kier molecular flexibility index (Phi) is 4.87. The first-order chi connectivity index (χ1) is 10.5. The zero-order chi connectivity index (χ0) is 16.3. The number of fused-ring (bicyclic) bond motifs is 1. The summed E-state index contributed by atoms with van der Waals surface area (Å²) in [5.41, 5.74) is 1.78. The maximum absolute atomic E-state index is 11.7. The van der Waals surface area contributed by atoms with Gasteiger partial charge in [-0.3, -0.25) is 4.90 Å². The molecule has 1 unspecified atom stereocenters. The molecule has 0 aromatic heterocycles. The number of rotatable bonds is 4. The first-order valence-electron chi connectivity index (χ1n) is 7.14. The van der Waals surface area contributed by atoms with Gasteiger partial charge in [0.05, 0.1) is 13.2 Å². The van der Waals surface area contributed by atoms with Crippen molar-refractivity contribution in [2.75, 3.05) is 19.7 Å². The lowest BCUT2D eigenvalue weighted by atomic mass is 9.92. The molecule has 0 saturated heterocycles. The summed E-state index contributed by atoms with van der Waals surface area (Å²) in [6, 6.07) is 2.99. The van der Waals surface area contributed by atoms with Gasteiger partial charge >= 0.3 is 5.97 Å². The standard InChI is InChI=1S/C15H20N2O5/c1-3-22-15(20)12(16-21)8-17-5-4-10-6-13(18)14(19)7-11(10)9(17)2/h6-7,9,18-19,21H,3-5,8H2,1-2H3/b16-12-. The van der Waals surface area contributed by atoms with Crippen LogP contribution in [0.4, 0.5) is 0 Å². The largest absolute Gasteiger partial charge is 0.504 e. The van der Waals surface area contributed by atoms with Crippen molar-refractivity contribution in [3.63, 3.8) is 0 Å². The zero-order valence-electron chi connectivity index (χ0n) is 12.6. The van der Waals surface area contributed by atoms with Gasteiger partial charge in [-0.2, -0.15) is 0 Å². The van der Waals surface area contributed by atoms with E-state index in [0.29, 0.717) is 13.0 Å². The van der Waals surface area contributed by atoms with Crippen molar-refractivity contribution in [3.05, 3.63) is 23.3 Å². The average Bonchev–Trinajstić information content (AvgIpc) is 2.49. The Morgan fingerprint density at radius 3 is 2.73 bits per heavy atom. The quantitative estimate of drug-likeness (QED) is 0.255. The number of aromatic hydroxyl groups is 2. The molecule has 1 aliphatic rings. The maximum Gasteiger partial charge on any atom is 0.357 e. The highest BCUT2D eigenvalue weighted by Gasteiger charge is 2.28. The highest BCUT2D eigenvalue weighted by atomic mass is 16.5. The molecule has 1 aliphatic heterocycles. The summed E-state index contributed by atoms with van der Waals surface area (Å²) in [5.74, 6) is -0.950. The molecule has 3 N–H and O–H groups in total. The molecule has 2 rings (SSSR count). The first kappa shape index (κ1) is 16.1. The molecule has 1 aromatic rings. The van der Waals surface area contributed by atoms with E-state index in [1.165, 1.54) is 6.07 Å². The zero-order valence-corrected chi connectivity index (χ0v) is 12.6. The van der Waals surface area contributed by atoms with Crippen LogP contribution in [0, 0.1) is 0 Å². The van der Waals surface area contributed by atoms with E-state index in [2.05, 4.69) is 5.16 Å². The fourth-order valence-electron chi connectivity index (χ4n) is 2.66. The van der Waals surface area contributed by atoms with Crippen LogP contribution in [0.25, 0.3) is 0 Å². The molecule has 0 aliphatic carbocycles. The second-order valence-corrected chi connectivity index (χ2v) is 5.20. The van der Waals surface area contributed by atoms with E-state index in [1.807, 2.05) is 11.8 Å². The third-order valence-corrected chi connectivity index (χ3v) is 3.89. The van der Waals surface area contributed by atoms with Crippen molar-refractivity contribution in [2.45, 2.75) is 26.3 Å². The molecular weight excluding hydrogens is 288 g/mol. The minimum atomic E-state index is -0.642. The summed E-state index contributed by atoms with van der Waals surface area (Å²) in [6.07, 6.45) is 0.662. The maximum atomic E-state index is 11.7. The van der Waals surface area contributed by atoms with Gasteiger partial charge in [-0.25, -0.2) is 4.79 Å². The first-order valence-corrected chi connectivity index (χ1v) is 7.14. The summed E-state index contributed by atoms with van der Waals surface area (Å²) in [4.78, 5) is 13.6. The minimum Gasteiger partial charge on any atom is -0.504 e. The monoisotopic (exact) mass is 308 g/mol. The van der Waals surface area contributed by atoms with E-state index in [9.17, 15) is 15.0 Å². The number of oxime groups is 1. The summed E-state index contributed by atoms with van der Waals surface area (Å²) < 4.78 is 4.85. The van der Waals surface area contributed by atoms with E-state index in [0.717, 1.165) is 11.1 Å². The van der Waals surface area contributed by atoms with E-state index in [4.69, 9.17) is 9.94 Å². The van der Waals surface area contributed by atoms with Crippen LogP contribution in [0.3, 0.4) is 0 Å². The summed E-state index contributed by atoms with van der Waals surface area (Å²) in [5, 5.41) is 31.3. The van der Waals surface area contributed by atoms with Crippen molar-refractivity contribution in [1.29, 1.82) is 0 Å². The molecule has 22 heavy (non-hydrogen) atoms. The van der Waals surface area contributed by atoms with Crippen molar-refractivity contribution in [1.82, 2.24) is 4.90 Å². The second kappa shape index (κ2) is 6.65. The Morgan fingerprint density at radius 2 is 2.09 bits per heavy atom. The highest BCUT2D eigenvalue weighted by molar-refractivity contribution is 6.37. The topological polar surface area (TPSA) is 103 Å². The number of carbonyl (C=O) groups excluding carboxylic acids is 1. The van der Waals surface area contributed by atoms with Gasteiger partial charge in [0.2, 0.25) is 0 Å². The van der Waals surface area contributed by atoms with Gasteiger partial charge in [0.1, 0.15) is 0 Å². The molecule has 0 spiro atoms. The molecule has 1 aromatic carbocycles. The molecule has 0 saturated carbocycles. The molecule has 0 radical (unpaired) electrons. The van der Waals surface area contributed by atoms with Crippen LogP contribution < -0.4 is 0 Å². The Hall–Kier alpha value is -2.28. The lowest BCUT2D eigenvalue weighted by Gasteiger charge is -2.35. The number of nitrogens with zero attached hydrogens (tertiary/aromatic N) is 2. The van der Waals surface area contributed by atoms with Crippen LogP contribution >= 0.6 is 0 Å². The number of phenolic OH excluding ortho intramolecular Hbond substituents is 2. The molecule has 1 heterocycles. The highest BCUT2D eigenvalue weighted by Crippen LogP contribution is 2.36. The van der Waals surface area contributed by atoms with Gasteiger partial charge in [-0.15, -0.1) is 0 Å². The number of esters is 1. The van der Waals surface area contributed by atoms with Crippen LogP contribution in [0.15, 0.2) is 17.3 Å².